The van der Waals surface area contributed by atoms with Crippen molar-refractivity contribution in [2.45, 2.75) is 6.92 Å². The summed E-state index contributed by atoms with van der Waals surface area (Å²) in [4.78, 5) is 27.3. The van der Waals surface area contributed by atoms with Crippen molar-refractivity contribution in [1.29, 1.82) is 0 Å². The number of nitrogens with zero attached hydrogens (tertiary/aromatic N) is 4. The Hall–Kier alpha value is -2.37. The van der Waals surface area contributed by atoms with Crippen LogP contribution in [0.4, 0.5) is 5.82 Å². The van der Waals surface area contributed by atoms with E-state index in [2.05, 4.69) is 25.3 Å². The standard InChI is InChI=1S/C10H9N5O/c1-7-8(4-12-6-14-7)10(16)15-9-5-11-2-3-13-9/h2-6H,1H3,(H,13,15,16). The van der Waals surface area contributed by atoms with Crippen LogP contribution in [-0.4, -0.2) is 25.8 Å². The number of carbonyl (C=O) groups excluding carboxylic acids is 1. The van der Waals surface area contributed by atoms with Crippen molar-refractivity contribution in [3.8, 4) is 0 Å². The lowest BCUT2D eigenvalue weighted by atomic mass is 10.2. The third-order valence-corrected chi connectivity index (χ3v) is 1.96. The summed E-state index contributed by atoms with van der Waals surface area (Å²) < 4.78 is 0. The average molecular weight is 215 g/mol. The number of carbonyl (C=O) groups is 1. The van der Waals surface area contributed by atoms with Crippen molar-refractivity contribution >= 4 is 11.7 Å². The molecule has 2 heterocycles. The summed E-state index contributed by atoms with van der Waals surface area (Å²) in [6.07, 6.45) is 7.37. The number of aryl methyl sites for hydroxylation is 1. The van der Waals surface area contributed by atoms with E-state index in [0.29, 0.717) is 17.1 Å². The smallest absolute Gasteiger partial charge is 0.260 e. The molecule has 0 saturated carbocycles. The Labute approximate surface area is 91.8 Å². The van der Waals surface area contributed by atoms with Crippen LogP contribution < -0.4 is 5.32 Å². The molecule has 1 amide bonds. The molecule has 2 aromatic heterocycles. The molecular weight excluding hydrogens is 206 g/mol. The zero-order valence-electron chi connectivity index (χ0n) is 8.58. The van der Waals surface area contributed by atoms with E-state index in [1.165, 1.54) is 31.1 Å². The molecule has 0 aromatic carbocycles. The number of aromatic nitrogens is 4. The Balaban J connectivity index is 2.19. The van der Waals surface area contributed by atoms with Crippen molar-refractivity contribution in [2.75, 3.05) is 5.32 Å². The van der Waals surface area contributed by atoms with Crippen LogP contribution in [-0.2, 0) is 0 Å². The highest BCUT2D eigenvalue weighted by Gasteiger charge is 2.10. The van der Waals surface area contributed by atoms with Gasteiger partial charge >= 0.3 is 0 Å². The number of amides is 1. The van der Waals surface area contributed by atoms with Crippen LogP contribution in [0, 0.1) is 6.92 Å². The predicted molar refractivity (Wildman–Crippen MR) is 56.8 cm³/mol. The number of rotatable bonds is 2. The lowest BCUT2D eigenvalue weighted by molar-refractivity contribution is 0.102. The molecule has 0 atom stereocenters. The SMILES string of the molecule is Cc1ncncc1C(=O)Nc1cnccn1. The first kappa shape index (κ1) is 10.2. The van der Waals surface area contributed by atoms with Gasteiger partial charge in [-0.25, -0.2) is 15.0 Å². The van der Waals surface area contributed by atoms with Gasteiger partial charge in [0, 0.05) is 18.6 Å². The molecule has 0 fully saturated rings. The number of anilines is 1. The number of hydrogen-bond acceptors (Lipinski definition) is 5. The molecule has 1 N–H and O–H groups in total. The minimum atomic E-state index is -0.293. The van der Waals surface area contributed by atoms with Gasteiger partial charge in [-0.05, 0) is 6.92 Å². The van der Waals surface area contributed by atoms with Gasteiger partial charge in [0.15, 0.2) is 5.82 Å². The third-order valence-electron chi connectivity index (χ3n) is 1.96. The quantitative estimate of drug-likeness (QED) is 0.802. The van der Waals surface area contributed by atoms with E-state index in [1.54, 1.807) is 6.92 Å². The van der Waals surface area contributed by atoms with Gasteiger partial charge in [-0.15, -0.1) is 0 Å². The number of nitrogens with one attached hydrogen (secondary N) is 1. The first-order valence-corrected chi connectivity index (χ1v) is 4.61. The van der Waals surface area contributed by atoms with Crippen LogP contribution in [0.3, 0.4) is 0 Å². The molecule has 0 bridgehead atoms. The van der Waals surface area contributed by atoms with Crippen LogP contribution in [0.1, 0.15) is 16.1 Å². The van der Waals surface area contributed by atoms with Gasteiger partial charge in [0.1, 0.15) is 6.33 Å². The second-order valence-electron chi connectivity index (χ2n) is 3.07. The summed E-state index contributed by atoms with van der Waals surface area (Å²) in [6, 6.07) is 0. The van der Waals surface area contributed by atoms with Crippen LogP contribution in [0.15, 0.2) is 31.1 Å². The summed E-state index contributed by atoms with van der Waals surface area (Å²) in [5.74, 6) is 0.106. The molecule has 2 aromatic rings. The molecule has 0 saturated heterocycles. The van der Waals surface area contributed by atoms with Crippen LogP contribution in [0.25, 0.3) is 0 Å². The third kappa shape index (κ3) is 2.17. The van der Waals surface area contributed by atoms with Gasteiger partial charge in [-0.3, -0.25) is 9.78 Å². The average Bonchev–Trinajstić information content (AvgIpc) is 2.31. The molecular formula is C10H9N5O. The van der Waals surface area contributed by atoms with Gasteiger partial charge in [0.05, 0.1) is 17.5 Å². The molecule has 0 radical (unpaired) electrons. The monoisotopic (exact) mass is 215 g/mol. The van der Waals surface area contributed by atoms with E-state index < -0.39 is 0 Å². The molecule has 0 aliphatic rings. The first-order valence-electron chi connectivity index (χ1n) is 4.61. The van der Waals surface area contributed by atoms with E-state index in [4.69, 9.17) is 0 Å². The van der Waals surface area contributed by atoms with Crippen LogP contribution in [0.5, 0.6) is 0 Å². The summed E-state index contributed by atoms with van der Waals surface area (Å²) in [5, 5.41) is 2.61. The van der Waals surface area contributed by atoms with Gasteiger partial charge in [-0.1, -0.05) is 0 Å². The minimum Gasteiger partial charge on any atom is -0.305 e. The fourth-order valence-corrected chi connectivity index (χ4v) is 1.16. The zero-order chi connectivity index (χ0) is 11.4. The van der Waals surface area contributed by atoms with Crippen molar-refractivity contribution in [3.05, 3.63) is 42.4 Å². The van der Waals surface area contributed by atoms with Gasteiger partial charge in [-0.2, -0.15) is 0 Å². The Morgan fingerprint density at radius 1 is 1.19 bits per heavy atom. The maximum atomic E-state index is 11.8. The highest BCUT2D eigenvalue weighted by molar-refractivity contribution is 6.04. The van der Waals surface area contributed by atoms with E-state index in [0.717, 1.165) is 0 Å². The largest absolute Gasteiger partial charge is 0.305 e. The molecule has 2 rings (SSSR count). The lowest BCUT2D eigenvalue weighted by Gasteiger charge is -2.04. The normalized spacial score (nSPS) is 9.81. The molecule has 0 aliphatic carbocycles. The minimum absolute atomic E-state index is 0.293. The fraction of sp³-hybridized carbons (Fsp3) is 0.100. The highest BCUT2D eigenvalue weighted by atomic mass is 16.1. The van der Waals surface area contributed by atoms with E-state index >= 15 is 0 Å². The topological polar surface area (TPSA) is 80.7 Å². The van der Waals surface area contributed by atoms with Gasteiger partial charge in [0.25, 0.3) is 5.91 Å². The van der Waals surface area contributed by atoms with Gasteiger partial charge < -0.3 is 5.32 Å². The van der Waals surface area contributed by atoms with Crippen LogP contribution >= 0.6 is 0 Å². The van der Waals surface area contributed by atoms with E-state index in [9.17, 15) is 4.79 Å². The van der Waals surface area contributed by atoms with E-state index in [1.807, 2.05) is 0 Å². The first-order chi connectivity index (χ1) is 7.77. The summed E-state index contributed by atoms with van der Waals surface area (Å²) >= 11 is 0. The Morgan fingerprint density at radius 2 is 2.06 bits per heavy atom. The number of hydrogen-bond donors (Lipinski definition) is 1. The zero-order valence-corrected chi connectivity index (χ0v) is 8.58. The molecule has 6 nitrogen and oxygen atoms in total. The van der Waals surface area contributed by atoms with Crippen molar-refractivity contribution in [1.82, 2.24) is 19.9 Å². The van der Waals surface area contributed by atoms with Crippen LogP contribution in [0.2, 0.25) is 0 Å². The molecule has 80 valence electrons. The fourth-order valence-electron chi connectivity index (χ4n) is 1.16. The summed E-state index contributed by atoms with van der Waals surface area (Å²) in [5.41, 5.74) is 1.05. The molecule has 0 unspecified atom stereocenters. The molecule has 16 heavy (non-hydrogen) atoms. The maximum Gasteiger partial charge on any atom is 0.260 e. The second kappa shape index (κ2) is 4.43. The summed E-state index contributed by atoms with van der Waals surface area (Å²) in [6.45, 7) is 1.74. The lowest BCUT2D eigenvalue weighted by Crippen LogP contribution is -2.15. The van der Waals surface area contributed by atoms with Crippen molar-refractivity contribution in [3.63, 3.8) is 0 Å². The highest BCUT2D eigenvalue weighted by Crippen LogP contribution is 2.05. The molecule has 0 aliphatic heterocycles. The van der Waals surface area contributed by atoms with Gasteiger partial charge in [0.2, 0.25) is 0 Å². The second-order valence-corrected chi connectivity index (χ2v) is 3.07. The van der Waals surface area contributed by atoms with Crippen molar-refractivity contribution < 1.29 is 4.79 Å². The Bertz CT molecular complexity index is 500. The molecule has 6 heteroatoms. The Morgan fingerprint density at radius 3 is 2.75 bits per heavy atom. The van der Waals surface area contributed by atoms with Crippen molar-refractivity contribution in [2.24, 2.45) is 0 Å². The Kier molecular flexibility index (Phi) is 2.81. The predicted octanol–water partition coefficient (Wildman–Crippen LogP) is 0.827. The summed E-state index contributed by atoms with van der Waals surface area (Å²) in [7, 11) is 0. The maximum absolute atomic E-state index is 11.8. The van der Waals surface area contributed by atoms with E-state index in [-0.39, 0.29) is 5.91 Å². The molecule has 0 spiro atoms.